The number of aliphatic hydroxyl groups is 2. The van der Waals surface area contributed by atoms with Crippen molar-refractivity contribution in [2.24, 2.45) is 28.1 Å². The standard InChI is InChI=1S/C27H48O2/c1-25(2,26(19-11-9-17-23(26)28)21-13-5-3-6-14-21)27(20-12-10-18-24(27)29)22-15-7-4-8-16-22/h21-24,28-29H,3-20H2,1-2H3. The normalized spacial score (nSPS) is 41.4. The smallest absolute Gasteiger partial charge is 0.0604 e. The molecular weight excluding hydrogens is 356 g/mol. The van der Waals surface area contributed by atoms with Crippen LogP contribution in [0.3, 0.4) is 0 Å². The lowest BCUT2D eigenvalue weighted by atomic mass is 9.37. The van der Waals surface area contributed by atoms with E-state index in [1.165, 1.54) is 103 Å². The molecule has 0 radical (unpaired) electrons. The van der Waals surface area contributed by atoms with Gasteiger partial charge in [0.1, 0.15) is 0 Å². The highest BCUT2D eigenvalue weighted by Gasteiger charge is 2.66. The predicted octanol–water partition coefficient (Wildman–Crippen LogP) is 7.02. The molecule has 4 atom stereocenters. The van der Waals surface area contributed by atoms with Gasteiger partial charge in [0.2, 0.25) is 0 Å². The molecule has 29 heavy (non-hydrogen) atoms. The molecule has 0 bridgehead atoms. The van der Waals surface area contributed by atoms with Crippen molar-refractivity contribution >= 4 is 0 Å². The average molecular weight is 405 g/mol. The Labute approximate surface area is 180 Å². The van der Waals surface area contributed by atoms with Crippen molar-refractivity contribution < 1.29 is 10.2 Å². The van der Waals surface area contributed by atoms with E-state index < -0.39 is 0 Å². The van der Waals surface area contributed by atoms with Crippen LogP contribution in [-0.4, -0.2) is 22.4 Å². The number of aliphatic hydroxyl groups excluding tert-OH is 2. The predicted molar refractivity (Wildman–Crippen MR) is 121 cm³/mol. The highest BCUT2D eigenvalue weighted by atomic mass is 16.3. The van der Waals surface area contributed by atoms with Crippen LogP contribution >= 0.6 is 0 Å². The highest BCUT2D eigenvalue weighted by molar-refractivity contribution is 5.15. The first-order chi connectivity index (χ1) is 14.0. The lowest BCUT2D eigenvalue weighted by Crippen LogP contribution is -2.66. The summed E-state index contributed by atoms with van der Waals surface area (Å²) in [5, 5.41) is 23.5. The molecule has 4 aliphatic carbocycles. The lowest BCUT2D eigenvalue weighted by molar-refractivity contribution is -0.242. The summed E-state index contributed by atoms with van der Waals surface area (Å²) < 4.78 is 0. The van der Waals surface area contributed by atoms with Crippen LogP contribution in [0.2, 0.25) is 0 Å². The van der Waals surface area contributed by atoms with E-state index in [4.69, 9.17) is 0 Å². The first-order valence-corrected chi connectivity index (χ1v) is 13.3. The molecule has 4 saturated carbocycles. The summed E-state index contributed by atoms with van der Waals surface area (Å²) in [6.45, 7) is 5.05. The zero-order valence-electron chi connectivity index (χ0n) is 19.4. The van der Waals surface area contributed by atoms with Gasteiger partial charge in [0, 0.05) is 10.8 Å². The molecule has 0 aromatic heterocycles. The average Bonchev–Trinajstić information content (AvgIpc) is 2.75. The maximum Gasteiger partial charge on any atom is 0.0604 e. The minimum Gasteiger partial charge on any atom is -0.393 e. The quantitative estimate of drug-likeness (QED) is 0.529. The molecular formula is C27H48O2. The third-order valence-corrected chi connectivity index (χ3v) is 10.8. The maximum absolute atomic E-state index is 11.8. The molecule has 0 aliphatic heterocycles. The van der Waals surface area contributed by atoms with Gasteiger partial charge in [-0.25, -0.2) is 0 Å². The Balaban J connectivity index is 1.81. The van der Waals surface area contributed by atoms with Crippen LogP contribution in [0.5, 0.6) is 0 Å². The topological polar surface area (TPSA) is 40.5 Å². The zero-order valence-corrected chi connectivity index (χ0v) is 19.4. The molecule has 0 saturated heterocycles. The summed E-state index contributed by atoms with van der Waals surface area (Å²) in [5.41, 5.74) is -0.00738. The van der Waals surface area contributed by atoms with Gasteiger partial charge in [-0.3, -0.25) is 0 Å². The van der Waals surface area contributed by atoms with Gasteiger partial charge in [-0.15, -0.1) is 0 Å². The Morgan fingerprint density at radius 2 is 0.862 bits per heavy atom. The van der Waals surface area contributed by atoms with Gasteiger partial charge in [-0.05, 0) is 68.6 Å². The molecule has 4 aliphatic rings. The van der Waals surface area contributed by atoms with E-state index in [1.54, 1.807) is 0 Å². The van der Waals surface area contributed by atoms with Gasteiger partial charge in [-0.1, -0.05) is 78.1 Å². The molecule has 4 fully saturated rings. The SMILES string of the molecule is CC(C)(C1(C2CCCCC2)CCCCC1O)C1(C2CCCCC2)CCCCC1O. The second-order valence-electron chi connectivity index (χ2n) is 11.9. The van der Waals surface area contributed by atoms with Gasteiger partial charge >= 0.3 is 0 Å². The molecule has 2 nitrogen and oxygen atoms in total. The molecule has 0 amide bonds. The number of hydrogen-bond acceptors (Lipinski definition) is 2. The van der Waals surface area contributed by atoms with Gasteiger partial charge in [-0.2, -0.15) is 0 Å². The maximum atomic E-state index is 11.8. The zero-order chi connectivity index (χ0) is 20.5. The van der Waals surface area contributed by atoms with Crippen molar-refractivity contribution in [1.29, 1.82) is 0 Å². The summed E-state index contributed by atoms with van der Waals surface area (Å²) >= 11 is 0. The summed E-state index contributed by atoms with van der Waals surface area (Å²) in [7, 11) is 0. The minimum atomic E-state index is -0.177. The van der Waals surface area contributed by atoms with Crippen LogP contribution < -0.4 is 0 Å². The van der Waals surface area contributed by atoms with E-state index in [0.29, 0.717) is 11.8 Å². The largest absolute Gasteiger partial charge is 0.393 e. The fourth-order valence-corrected chi connectivity index (χ4v) is 9.46. The van der Waals surface area contributed by atoms with E-state index in [0.717, 1.165) is 12.8 Å². The van der Waals surface area contributed by atoms with Crippen molar-refractivity contribution in [3.05, 3.63) is 0 Å². The molecule has 0 heterocycles. The molecule has 0 spiro atoms. The van der Waals surface area contributed by atoms with Gasteiger partial charge in [0.25, 0.3) is 0 Å². The third-order valence-electron chi connectivity index (χ3n) is 10.8. The van der Waals surface area contributed by atoms with Gasteiger partial charge in [0.05, 0.1) is 12.2 Å². The summed E-state index contributed by atoms with van der Waals surface area (Å²) in [6.07, 6.45) is 22.2. The third kappa shape index (κ3) is 3.43. The second kappa shape index (κ2) is 8.81. The van der Waals surface area contributed by atoms with E-state index in [-0.39, 0.29) is 28.5 Å². The van der Waals surface area contributed by atoms with Crippen LogP contribution in [0.1, 0.15) is 129 Å². The molecule has 4 unspecified atom stereocenters. The monoisotopic (exact) mass is 404 g/mol. The van der Waals surface area contributed by atoms with Crippen LogP contribution in [0.15, 0.2) is 0 Å². The van der Waals surface area contributed by atoms with Crippen LogP contribution in [0, 0.1) is 28.1 Å². The lowest BCUT2D eigenvalue weighted by Gasteiger charge is -2.68. The summed E-state index contributed by atoms with van der Waals surface area (Å²) in [6, 6.07) is 0. The molecule has 0 aromatic rings. The van der Waals surface area contributed by atoms with Crippen molar-refractivity contribution in [2.75, 3.05) is 0 Å². The second-order valence-corrected chi connectivity index (χ2v) is 11.9. The van der Waals surface area contributed by atoms with E-state index in [1.807, 2.05) is 0 Å². The van der Waals surface area contributed by atoms with Crippen molar-refractivity contribution in [1.82, 2.24) is 0 Å². The summed E-state index contributed by atoms with van der Waals surface area (Å²) in [5.74, 6) is 1.30. The van der Waals surface area contributed by atoms with Gasteiger partial charge < -0.3 is 10.2 Å². The van der Waals surface area contributed by atoms with Crippen molar-refractivity contribution in [2.45, 2.75) is 142 Å². The minimum absolute atomic E-state index is 0.00143. The van der Waals surface area contributed by atoms with Crippen LogP contribution in [0.25, 0.3) is 0 Å². The Morgan fingerprint density at radius 3 is 1.21 bits per heavy atom. The molecule has 168 valence electrons. The highest BCUT2D eigenvalue weighted by Crippen LogP contribution is 2.70. The molecule has 4 rings (SSSR count). The number of rotatable bonds is 4. The van der Waals surface area contributed by atoms with Gasteiger partial charge in [0.15, 0.2) is 0 Å². The number of hydrogen-bond donors (Lipinski definition) is 2. The Bertz CT molecular complexity index is 485. The van der Waals surface area contributed by atoms with E-state index >= 15 is 0 Å². The Kier molecular flexibility index (Phi) is 6.72. The molecule has 0 aromatic carbocycles. The first-order valence-electron chi connectivity index (χ1n) is 13.3. The summed E-state index contributed by atoms with van der Waals surface area (Å²) in [4.78, 5) is 0. The van der Waals surface area contributed by atoms with Crippen LogP contribution in [-0.2, 0) is 0 Å². The Morgan fingerprint density at radius 1 is 0.517 bits per heavy atom. The molecule has 2 N–H and O–H groups in total. The van der Waals surface area contributed by atoms with E-state index in [9.17, 15) is 10.2 Å². The fraction of sp³-hybridized carbons (Fsp3) is 1.00. The fourth-order valence-electron chi connectivity index (χ4n) is 9.46. The Hall–Kier alpha value is -0.0800. The van der Waals surface area contributed by atoms with E-state index in [2.05, 4.69) is 13.8 Å². The van der Waals surface area contributed by atoms with Crippen LogP contribution in [0.4, 0.5) is 0 Å². The molecule has 2 heteroatoms. The van der Waals surface area contributed by atoms with Crippen molar-refractivity contribution in [3.63, 3.8) is 0 Å². The van der Waals surface area contributed by atoms with Crippen molar-refractivity contribution in [3.8, 4) is 0 Å². The first kappa shape index (κ1) is 22.1.